The van der Waals surface area contributed by atoms with Crippen LogP contribution in [0.5, 0.6) is 0 Å². The molecule has 0 fully saturated rings. The van der Waals surface area contributed by atoms with E-state index >= 15 is 0 Å². The fourth-order valence-electron chi connectivity index (χ4n) is 1.17. The number of hydrogen-bond donors (Lipinski definition) is 2. The van der Waals surface area contributed by atoms with Gasteiger partial charge in [0.25, 0.3) is 11.5 Å². The molecule has 0 aliphatic rings. The second-order valence-corrected chi connectivity index (χ2v) is 2.73. The van der Waals surface area contributed by atoms with Crippen LogP contribution in [0.2, 0.25) is 0 Å². The van der Waals surface area contributed by atoms with Crippen molar-refractivity contribution >= 4 is 11.6 Å². The molecule has 2 aromatic rings. The van der Waals surface area contributed by atoms with Gasteiger partial charge in [0, 0.05) is 25.4 Å². The summed E-state index contributed by atoms with van der Waals surface area (Å²) < 4.78 is 1.21. The summed E-state index contributed by atoms with van der Waals surface area (Å²) in [5.41, 5.74) is 0.490. The maximum absolute atomic E-state index is 11.3. The predicted molar refractivity (Wildman–Crippen MR) is 49.2 cm³/mol. The van der Waals surface area contributed by atoms with Gasteiger partial charge in [-0.05, 0) is 0 Å². The molecule has 2 heterocycles. The van der Waals surface area contributed by atoms with Crippen LogP contribution in [0.1, 0.15) is 10.5 Å². The maximum Gasteiger partial charge on any atom is 0.272 e. The Kier molecular flexibility index (Phi) is 1.81. The Morgan fingerprint density at radius 1 is 1.64 bits per heavy atom. The normalized spacial score (nSPS) is 10.4. The zero-order chi connectivity index (χ0) is 10.1. The molecular formula is C8H8N4O2. The average molecular weight is 192 g/mol. The minimum Gasteiger partial charge on any atom is -0.354 e. The number of carbonyl (C=O) groups is 1. The molecule has 72 valence electrons. The molecule has 0 saturated carbocycles. The first-order valence-corrected chi connectivity index (χ1v) is 4.01. The molecule has 14 heavy (non-hydrogen) atoms. The third kappa shape index (κ3) is 1.17. The van der Waals surface area contributed by atoms with E-state index in [0.717, 1.165) is 0 Å². The zero-order valence-corrected chi connectivity index (χ0v) is 7.44. The van der Waals surface area contributed by atoms with Gasteiger partial charge in [-0.25, -0.2) is 9.50 Å². The number of amides is 1. The zero-order valence-electron chi connectivity index (χ0n) is 7.44. The van der Waals surface area contributed by atoms with Gasteiger partial charge in [-0.15, -0.1) is 0 Å². The lowest BCUT2D eigenvalue weighted by molar-refractivity contribution is 0.0958. The van der Waals surface area contributed by atoms with Crippen molar-refractivity contribution < 1.29 is 4.79 Å². The van der Waals surface area contributed by atoms with E-state index in [1.165, 1.54) is 29.9 Å². The minimum atomic E-state index is -0.282. The van der Waals surface area contributed by atoms with Crippen molar-refractivity contribution in [3.63, 3.8) is 0 Å². The SMILES string of the molecule is CNC(=O)c1cc2nccc(=O)n2[nH]1. The van der Waals surface area contributed by atoms with Gasteiger partial charge in [-0.3, -0.25) is 14.7 Å². The number of nitrogens with one attached hydrogen (secondary N) is 2. The van der Waals surface area contributed by atoms with Gasteiger partial charge < -0.3 is 5.32 Å². The fourth-order valence-corrected chi connectivity index (χ4v) is 1.17. The maximum atomic E-state index is 11.3. The molecule has 0 saturated heterocycles. The summed E-state index contributed by atoms with van der Waals surface area (Å²) in [6.07, 6.45) is 1.40. The summed E-state index contributed by atoms with van der Waals surface area (Å²) in [5, 5.41) is 5.09. The standard InChI is InChI=1S/C8H8N4O2/c1-9-8(14)5-4-6-10-3-2-7(13)12(6)11-5/h2-4,11H,1H3,(H,9,14). The smallest absolute Gasteiger partial charge is 0.272 e. The Morgan fingerprint density at radius 2 is 2.43 bits per heavy atom. The number of nitrogens with zero attached hydrogens (tertiary/aromatic N) is 2. The van der Waals surface area contributed by atoms with Gasteiger partial charge >= 0.3 is 0 Å². The van der Waals surface area contributed by atoms with E-state index in [4.69, 9.17) is 0 Å². The van der Waals surface area contributed by atoms with Crippen LogP contribution in [0.15, 0.2) is 23.1 Å². The van der Waals surface area contributed by atoms with Gasteiger partial charge in [-0.2, -0.15) is 0 Å². The molecule has 2 N–H and O–H groups in total. The van der Waals surface area contributed by atoms with E-state index in [0.29, 0.717) is 11.3 Å². The molecule has 0 bridgehead atoms. The summed E-state index contributed by atoms with van der Waals surface area (Å²) in [6, 6.07) is 2.83. The van der Waals surface area contributed by atoms with Crippen molar-refractivity contribution in [2.75, 3.05) is 7.05 Å². The lowest BCUT2D eigenvalue weighted by Gasteiger charge is -1.92. The Balaban J connectivity index is 2.68. The summed E-state index contributed by atoms with van der Waals surface area (Å²) in [7, 11) is 1.52. The summed E-state index contributed by atoms with van der Waals surface area (Å²) in [6.45, 7) is 0. The molecule has 0 spiro atoms. The molecule has 0 radical (unpaired) electrons. The minimum absolute atomic E-state index is 0.245. The first-order chi connectivity index (χ1) is 6.72. The molecule has 6 heteroatoms. The molecule has 0 aliphatic carbocycles. The van der Waals surface area contributed by atoms with Crippen molar-refractivity contribution in [1.29, 1.82) is 0 Å². The van der Waals surface area contributed by atoms with Crippen LogP contribution >= 0.6 is 0 Å². The van der Waals surface area contributed by atoms with Crippen molar-refractivity contribution in [3.8, 4) is 0 Å². The Morgan fingerprint density at radius 3 is 3.07 bits per heavy atom. The van der Waals surface area contributed by atoms with E-state index in [-0.39, 0.29) is 11.5 Å². The molecule has 2 rings (SSSR count). The first-order valence-electron chi connectivity index (χ1n) is 4.01. The largest absolute Gasteiger partial charge is 0.354 e. The van der Waals surface area contributed by atoms with Crippen LogP contribution in [-0.2, 0) is 0 Å². The van der Waals surface area contributed by atoms with Gasteiger partial charge in [0.1, 0.15) is 5.69 Å². The third-order valence-electron chi connectivity index (χ3n) is 1.85. The summed E-state index contributed by atoms with van der Waals surface area (Å²) >= 11 is 0. The van der Waals surface area contributed by atoms with Gasteiger partial charge in [-0.1, -0.05) is 0 Å². The monoisotopic (exact) mass is 192 g/mol. The molecule has 0 aromatic carbocycles. The van der Waals surface area contributed by atoms with E-state index < -0.39 is 0 Å². The molecule has 0 unspecified atom stereocenters. The number of fused-ring (bicyclic) bond motifs is 1. The van der Waals surface area contributed by atoms with Crippen LogP contribution < -0.4 is 10.9 Å². The quantitative estimate of drug-likeness (QED) is 0.632. The molecular weight excluding hydrogens is 184 g/mol. The summed E-state index contributed by atoms with van der Waals surface area (Å²) in [5.74, 6) is -0.282. The van der Waals surface area contributed by atoms with E-state index in [9.17, 15) is 9.59 Å². The van der Waals surface area contributed by atoms with Crippen LogP contribution in [0.4, 0.5) is 0 Å². The van der Waals surface area contributed by atoms with Gasteiger partial charge in [0.05, 0.1) is 0 Å². The molecule has 6 nitrogen and oxygen atoms in total. The Bertz CT molecular complexity index is 540. The lowest BCUT2D eigenvalue weighted by Crippen LogP contribution is -2.19. The van der Waals surface area contributed by atoms with Crippen LogP contribution in [0.25, 0.3) is 5.65 Å². The highest BCUT2D eigenvalue weighted by molar-refractivity contribution is 5.92. The number of H-pyrrole nitrogens is 1. The Hall–Kier alpha value is -2.11. The molecule has 2 aromatic heterocycles. The second-order valence-electron chi connectivity index (χ2n) is 2.73. The van der Waals surface area contributed by atoms with Crippen LogP contribution in [-0.4, -0.2) is 27.6 Å². The number of aromatic amines is 1. The van der Waals surface area contributed by atoms with E-state index in [1.807, 2.05) is 0 Å². The van der Waals surface area contributed by atoms with Crippen LogP contribution in [0, 0.1) is 0 Å². The van der Waals surface area contributed by atoms with Crippen molar-refractivity contribution in [2.45, 2.75) is 0 Å². The highest BCUT2D eigenvalue weighted by atomic mass is 16.2. The lowest BCUT2D eigenvalue weighted by atomic mass is 10.4. The van der Waals surface area contributed by atoms with E-state index in [2.05, 4.69) is 15.4 Å². The van der Waals surface area contributed by atoms with Gasteiger partial charge in [0.2, 0.25) is 0 Å². The molecule has 0 aliphatic heterocycles. The van der Waals surface area contributed by atoms with Crippen molar-refractivity contribution in [3.05, 3.63) is 34.4 Å². The van der Waals surface area contributed by atoms with Crippen molar-refractivity contribution in [1.82, 2.24) is 19.9 Å². The highest BCUT2D eigenvalue weighted by Crippen LogP contribution is 1.99. The first kappa shape index (κ1) is 8.49. The fraction of sp³-hybridized carbons (Fsp3) is 0.125. The molecule has 0 atom stereocenters. The highest BCUT2D eigenvalue weighted by Gasteiger charge is 2.08. The number of aromatic nitrogens is 3. The number of rotatable bonds is 1. The topological polar surface area (TPSA) is 79.3 Å². The van der Waals surface area contributed by atoms with Gasteiger partial charge in [0.15, 0.2) is 5.65 Å². The van der Waals surface area contributed by atoms with Crippen molar-refractivity contribution in [2.24, 2.45) is 0 Å². The molecule has 1 amide bonds. The number of carbonyl (C=O) groups excluding carboxylic acids is 1. The predicted octanol–water partition coefficient (Wildman–Crippen LogP) is -0.618. The second kappa shape index (κ2) is 2.99. The average Bonchev–Trinajstić information content (AvgIpc) is 2.62. The summed E-state index contributed by atoms with van der Waals surface area (Å²) in [4.78, 5) is 26.4. The third-order valence-corrected chi connectivity index (χ3v) is 1.85. The Labute approximate surface area is 78.6 Å². The number of hydrogen-bond acceptors (Lipinski definition) is 3. The van der Waals surface area contributed by atoms with Crippen LogP contribution in [0.3, 0.4) is 0 Å². The van der Waals surface area contributed by atoms with E-state index in [1.54, 1.807) is 0 Å².